The Kier molecular flexibility index (Phi) is 1.54. The third-order valence-electron chi connectivity index (χ3n) is 3.83. The van der Waals surface area contributed by atoms with Crippen molar-refractivity contribution in [1.82, 2.24) is 5.32 Å². The van der Waals surface area contributed by atoms with Crippen LogP contribution in [0.25, 0.3) is 0 Å². The molecular weight excluding hydrogens is 134 g/mol. The molecule has 0 amide bonds. The first-order valence-corrected chi connectivity index (χ1v) is 4.92. The Bertz CT molecular complexity index is 164. The minimum absolute atomic E-state index is 0.567. The topological polar surface area (TPSA) is 12.0 Å². The SMILES string of the molecule is CC1CCN[C@@]2(C(C)C)C[C@@H]12. The molecule has 2 aliphatic rings. The lowest BCUT2D eigenvalue weighted by Crippen LogP contribution is -2.44. The van der Waals surface area contributed by atoms with E-state index in [0.717, 1.165) is 17.8 Å². The van der Waals surface area contributed by atoms with Gasteiger partial charge in [-0.3, -0.25) is 0 Å². The molecule has 0 radical (unpaired) electrons. The summed E-state index contributed by atoms with van der Waals surface area (Å²) >= 11 is 0. The van der Waals surface area contributed by atoms with Crippen molar-refractivity contribution in [2.75, 3.05) is 6.54 Å². The van der Waals surface area contributed by atoms with Gasteiger partial charge in [0, 0.05) is 5.54 Å². The molecule has 2 fully saturated rings. The molecule has 0 aromatic heterocycles. The summed E-state index contributed by atoms with van der Waals surface area (Å²) in [6, 6.07) is 0. The lowest BCUT2D eigenvalue weighted by atomic mass is 9.88. The van der Waals surface area contributed by atoms with Crippen LogP contribution in [0.1, 0.15) is 33.6 Å². The van der Waals surface area contributed by atoms with Gasteiger partial charge in [-0.1, -0.05) is 20.8 Å². The van der Waals surface area contributed by atoms with Crippen molar-refractivity contribution in [3.63, 3.8) is 0 Å². The highest BCUT2D eigenvalue weighted by Crippen LogP contribution is 2.55. The van der Waals surface area contributed by atoms with Crippen LogP contribution in [0.4, 0.5) is 0 Å². The maximum absolute atomic E-state index is 3.70. The highest BCUT2D eigenvalue weighted by Gasteiger charge is 2.59. The molecule has 2 rings (SSSR count). The zero-order valence-corrected chi connectivity index (χ0v) is 7.85. The van der Waals surface area contributed by atoms with Crippen molar-refractivity contribution < 1.29 is 0 Å². The first kappa shape index (κ1) is 7.60. The molecule has 1 heterocycles. The van der Waals surface area contributed by atoms with Gasteiger partial charge in [0.15, 0.2) is 0 Å². The molecule has 3 atom stereocenters. The van der Waals surface area contributed by atoms with Crippen LogP contribution in [0, 0.1) is 17.8 Å². The fourth-order valence-corrected chi connectivity index (χ4v) is 2.82. The number of hydrogen-bond acceptors (Lipinski definition) is 1. The lowest BCUT2D eigenvalue weighted by Gasteiger charge is -2.30. The summed E-state index contributed by atoms with van der Waals surface area (Å²) in [6.07, 6.45) is 2.82. The molecule has 0 aromatic carbocycles. The Balaban J connectivity index is 2.09. The van der Waals surface area contributed by atoms with E-state index in [4.69, 9.17) is 0 Å². The zero-order chi connectivity index (χ0) is 8.06. The van der Waals surface area contributed by atoms with Crippen LogP contribution < -0.4 is 5.32 Å². The van der Waals surface area contributed by atoms with Crippen LogP contribution in [0.3, 0.4) is 0 Å². The molecular formula is C10H19N. The molecule has 64 valence electrons. The molecule has 1 N–H and O–H groups in total. The van der Waals surface area contributed by atoms with E-state index in [0.29, 0.717) is 5.54 Å². The highest BCUT2D eigenvalue weighted by atomic mass is 15.1. The number of hydrogen-bond donors (Lipinski definition) is 1. The average Bonchev–Trinajstić information content (AvgIpc) is 2.64. The first-order chi connectivity index (χ1) is 5.17. The minimum atomic E-state index is 0.567. The summed E-state index contributed by atoms with van der Waals surface area (Å²) in [4.78, 5) is 0. The monoisotopic (exact) mass is 153 g/mol. The number of piperidine rings is 1. The van der Waals surface area contributed by atoms with Gasteiger partial charge < -0.3 is 5.32 Å². The zero-order valence-electron chi connectivity index (χ0n) is 7.85. The summed E-state index contributed by atoms with van der Waals surface area (Å²) in [5.41, 5.74) is 0.567. The summed E-state index contributed by atoms with van der Waals surface area (Å²) in [5, 5.41) is 3.70. The largest absolute Gasteiger partial charge is 0.311 e. The van der Waals surface area contributed by atoms with Gasteiger partial charge in [-0.05, 0) is 37.1 Å². The van der Waals surface area contributed by atoms with E-state index >= 15 is 0 Å². The van der Waals surface area contributed by atoms with Crippen molar-refractivity contribution in [2.24, 2.45) is 17.8 Å². The van der Waals surface area contributed by atoms with Gasteiger partial charge in [-0.2, -0.15) is 0 Å². The van der Waals surface area contributed by atoms with Crippen molar-refractivity contribution >= 4 is 0 Å². The predicted octanol–water partition coefficient (Wildman–Crippen LogP) is 2.03. The maximum atomic E-state index is 3.70. The third-order valence-corrected chi connectivity index (χ3v) is 3.83. The fourth-order valence-electron chi connectivity index (χ4n) is 2.82. The van der Waals surface area contributed by atoms with Crippen LogP contribution in [-0.2, 0) is 0 Å². The minimum Gasteiger partial charge on any atom is -0.311 e. The Hall–Kier alpha value is -0.0400. The molecule has 0 bridgehead atoms. The van der Waals surface area contributed by atoms with Crippen LogP contribution in [0.15, 0.2) is 0 Å². The summed E-state index contributed by atoms with van der Waals surface area (Å²) in [7, 11) is 0. The van der Waals surface area contributed by atoms with Crippen LogP contribution in [0.2, 0.25) is 0 Å². The summed E-state index contributed by atoms with van der Waals surface area (Å²) < 4.78 is 0. The van der Waals surface area contributed by atoms with E-state index in [2.05, 4.69) is 26.1 Å². The number of rotatable bonds is 1. The van der Waals surface area contributed by atoms with Crippen molar-refractivity contribution in [2.45, 2.75) is 39.2 Å². The van der Waals surface area contributed by atoms with E-state index in [1.807, 2.05) is 0 Å². The number of nitrogens with one attached hydrogen (secondary N) is 1. The summed E-state index contributed by atoms with van der Waals surface area (Å²) in [6.45, 7) is 8.36. The molecule has 11 heavy (non-hydrogen) atoms. The van der Waals surface area contributed by atoms with Crippen molar-refractivity contribution in [3.8, 4) is 0 Å². The molecule has 1 aliphatic heterocycles. The van der Waals surface area contributed by atoms with Gasteiger partial charge in [-0.25, -0.2) is 0 Å². The molecule has 1 nitrogen and oxygen atoms in total. The van der Waals surface area contributed by atoms with Crippen LogP contribution in [0.5, 0.6) is 0 Å². The lowest BCUT2D eigenvalue weighted by molar-refractivity contribution is 0.255. The van der Waals surface area contributed by atoms with Gasteiger partial charge in [0.25, 0.3) is 0 Å². The average molecular weight is 153 g/mol. The molecule has 0 spiro atoms. The van der Waals surface area contributed by atoms with Crippen LogP contribution >= 0.6 is 0 Å². The van der Waals surface area contributed by atoms with E-state index in [-0.39, 0.29) is 0 Å². The quantitative estimate of drug-likeness (QED) is 0.608. The molecule has 1 saturated heterocycles. The predicted molar refractivity (Wildman–Crippen MR) is 47.5 cm³/mol. The highest BCUT2D eigenvalue weighted by molar-refractivity contribution is 5.15. The Morgan fingerprint density at radius 1 is 1.45 bits per heavy atom. The molecule has 0 aromatic rings. The summed E-state index contributed by atoms with van der Waals surface area (Å²) in [5.74, 6) is 2.80. The van der Waals surface area contributed by atoms with Crippen molar-refractivity contribution in [1.29, 1.82) is 0 Å². The standard InChI is InChI=1S/C10H19N/c1-7(2)10-6-9(10)8(3)4-5-11-10/h7-9,11H,4-6H2,1-3H3/t8?,9-,10+/m0/s1. The second kappa shape index (κ2) is 2.22. The van der Waals surface area contributed by atoms with Gasteiger partial charge in [0.2, 0.25) is 0 Å². The Morgan fingerprint density at radius 2 is 2.18 bits per heavy atom. The smallest absolute Gasteiger partial charge is 0.0239 e. The normalized spacial score (nSPS) is 49.1. The van der Waals surface area contributed by atoms with E-state index in [1.165, 1.54) is 19.4 Å². The first-order valence-electron chi connectivity index (χ1n) is 4.92. The van der Waals surface area contributed by atoms with Gasteiger partial charge in [0.05, 0.1) is 0 Å². The molecule has 1 saturated carbocycles. The van der Waals surface area contributed by atoms with Crippen molar-refractivity contribution in [3.05, 3.63) is 0 Å². The van der Waals surface area contributed by atoms with Gasteiger partial charge in [0.1, 0.15) is 0 Å². The second-order valence-electron chi connectivity index (χ2n) is 4.70. The van der Waals surface area contributed by atoms with E-state index < -0.39 is 0 Å². The Morgan fingerprint density at radius 3 is 2.73 bits per heavy atom. The Labute approximate surface area is 69.6 Å². The van der Waals surface area contributed by atoms with E-state index in [1.54, 1.807) is 0 Å². The maximum Gasteiger partial charge on any atom is 0.0239 e. The molecule has 1 unspecified atom stereocenters. The van der Waals surface area contributed by atoms with Gasteiger partial charge >= 0.3 is 0 Å². The van der Waals surface area contributed by atoms with Crippen LogP contribution in [-0.4, -0.2) is 12.1 Å². The third kappa shape index (κ3) is 0.936. The molecule has 1 aliphatic carbocycles. The second-order valence-corrected chi connectivity index (χ2v) is 4.70. The van der Waals surface area contributed by atoms with Gasteiger partial charge in [-0.15, -0.1) is 0 Å². The number of fused-ring (bicyclic) bond motifs is 1. The molecule has 1 heteroatoms. The fraction of sp³-hybridized carbons (Fsp3) is 1.00. The van der Waals surface area contributed by atoms with E-state index in [9.17, 15) is 0 Å².